The van der Waals surface area contributed by atoms with Crippen molar-refractivity contribution < 1.29 is 4.79 Å². The van der Waals surface area contributed by atoms with Gasteiger partial charge in [0, 0.05) is 17.6 Å². The number of nitrogens with two attached hydrogens (primary N) is 1. The van der Waals surface area contributed by atoms with Gasteiger partial charge in [0.05, 0.1) is 5.41 Å². The third-order valence-electron chi connectivity index (χ3n) is 3.78. The van der Waals surface area contributed by atoms with E-state index in [0.717, 1.165) is 35.7 Å². The summed E-state index contributed by atoms with van der Waals surface area (Å²) in [5, 5.41) is 3.02. The van der Waals surface area contributed by atoms with Crippen LogP contribution in [0, 0.1) is 5.41 Å². The van der Waals surface area contributed by atoms with Gasteiger partial charge in [0.25, 0.3) is 0 Å². The maximum absolute atomic E-state index is 12.3. The van der Waals surface area contributed by atoms with E-state index in [1.165, 1.54) is 0 Å². The zero-order valence-electron chi connectivity index (χ0n) is 10.4. The third kappa shape index (κ3) is 2.93. The van der Waals surface area contributed by atoms with Crippen molar-refractivity contribution in [3.8, 4) is 0 Å². The molecule has 1 aromatic rings. The number of nitrogens with one attached hydrogen (secondary N) is 1. The van der Waals surface area contributed by atoms with Gasteiger partial charge in [0.15, 0.2) is 0 Å². The fraction of sp³-hybridized carbons (Fsp3) is 0.500. The Morgan fingerprint density at radius 2 is 2.11 bits per heavy atom. The van der Waals surface area contributed by atoms with Crippen LogP contribution in [0.3, 0.4) is 0 Å². The maximum atomic E-state index is 12.3. The lowest BCUT2D eigenvalue weighted by Gasteiger charge is -2.25. The molecule has 0 heterocycles. The summed E-state index contributed by atoms with van der Waals surface area (Å²) in [5.74, 6) is 0.113. The topological polar surface area (TPSA) is 55.1 Å². The molecule has 1 aromatic carbocycles. The lowest BCUT2D eigenvalue weighted by molar-refractivity contribution is -0.130. The predicted octanol–water partition coefficient (Wildman–Crippen LogP) is 2.58. The number of halogens is 1. The Morgan fingerprint density at radius 1 is 1.39 bits per heavy atom. The number of amides is 1. The van der Waals surface area contributed by atoms with Gasteiger partial charge in [-0.2, -0.15) is 0 Å². The lowest BCUT2D eigenvalue weighted by atomic mass is 9.85. The van der Waals surface area contributed by atoms with Gasteiger partial charge in [0.1, 0.15) is 0 Å². The predicted molar refractivity (Wildman–Crippen MR) is 75.9 cm³/mol. The molecule has 0 saturated heterocycles. The first-order chi connectivity index (χ1) is 8.66. The molecule has 3 N–H and O–H groups in total. The summed E-state index contributed by atoms with van der Waals surface area (Å²) < 4.78 is 1.03. The Morgan fingerprint density at radius 3 is 2.72 bits per heavy atom. The molecule has 1 saturated carbocycles. The van der Waals surface area contributed by atoms with Crippen LogP contribution in [0.25, 0.3) is 0 Å². The molecule has 3 nitrogen and oxygen atoms in total. The fourth-order valence-electron chi connectivity index (χ4n) is 2.59. The van der Waals surface area contributed by atoms with E-state index in [0.29, 0.717) is 13.1 Å². The van der Waals surface area contributed by atoms with Gasteiger partial charge in [-0.25, -0.2) is 0 Å². The summed E-state index contributed by atoms with van der Waals surface area (Å²) in [4.78, 5) is 12.3. The van der Waals surface area contributed by atoms with Crippen LogP contribution >= 0.6 is 15.9 Å². The van der Waals surface area contributed by atoms with E-state index >= 15 is 0 Å². The molecule has 4 heteroatoms. The normalized spacial score (nSPS) is 17.7. The molecule has 0 unspecified atom stereocenters. The third-order valence-corrected chi connectivity index (χ3v) is 4.27. The zero-order valence-corrected chi connectivity index (χ0v) is 12.0. The van der Waals surface area contributed by atoms with Crippen molar-refractivity contribution in [3.63, 3.8) is 0 Å². The molecule has 1 fully saturated rings. The van der Waals surface area contributed by atoms with Crippen molar-refractivity contribution in [2.24, 2.45) is 11.1 Å². The zero-order chi connectivity index (χ0) is 13.0. The minimum atomic E-state index is -0.313. The van der Waals surface area contributed by atoms with E-state index in [2.05, 4.69) is 21.2 Å². The van der Waals surface area contributed by atoms with E-state index in [1.54, 1.807) is 0 Å². The van der Waals surface area contributed by atoms with Crippen molar-refractivity contribution in [2.75, 3.05) is 6.54 Å². The van der Waals surface area contributed by atoms with Gasteiger partial charge < -0.3 is 11.1 Å². The molecule has 0 radical (unpaired) electrons. The average Bonchev–Trinajstić information content (AvgIpc) is 2.86. The molecule has 0 atom stereocenters. The number of hydrogen-bond donors (Lipinski definition) is 2. The van der Waals surface area contributed by atoms with Crippen LogP contribution in [0.15, 0.2) is 28.7 Å². The highest BCUT2D eigenvalue weighted by molar-refractivity contribution is 9.10. The van der Waals surface area contributed by atoms with Gasteiger partial charge >= 0.3 is 0 Å². The molecule has 1 aliphatic carbocycles. The number of carbonyl (C=O) groups is 1. The summed E-state index contributed by atoms with van der Waals surface area (Å²) >= 11 is 3.43. The Kier molecular flexibility index (Phi) is 4.40. The molecule has 0 spiro atoms. The van der Waals surface area contributed by atoms with E-state index in [1.807, 2.05) is 24.3 Å². The van der Waals surface area contributed by atoms with E-state index in [-0.39, 0.29) is 11.3 Å². The van der Waals surface area contributed by atoms with Crippen LogP contribution in [-0.4, -0.2) is 12.5 Å². The summed E-state index contributed by atoms with van der Waals surface area (Å²) in [7, 11) is 0. The minimum Gasteiger partial charge on any atom is -0.352 e. The number of benzene rings is 1. The molecule has 18 heavy (non-hydrogen) atoms. The number of hydrogen-bond acceptors (Lipinski definition) is 2. The summed E-state index contributed by atoms with van der Waals surface area (Å²) in [6.45, 7) is 1.03. The molecular weight excluding hydrogens is 292 g/mol. The summed E-state index contributed by atoms with van der Waals surface area (Å²) in [5.41, 5.74) is 6.58. The van der Waals surface area contributed by atoms with Gasteiger partial charge in [-0.3, -0.25) is 4.79 Å². The maximum Gasteiger partial charge on any atom is 0.227 e. The fourth-order valence-corrected chi connectivity index (χ4v) is 3.04. The molecular formula is C14H19BrN2O. The quantitative estimate of drug-likeness (QED) is 0.898. The Labute approximate surface area is 116 Å². The highest BCUT2D eigenvalue weighted by Crippen LogP contribution is 2.37. The first kappa shape index (κ1) is 13.6. The summed E-state index contributed by atoms with van der Waals surface area (Å²) in [6.07, 6.45) is 4.07. The van der Waals surface area contributed by atoms with E-state index < -0.39 is 0 Å². The molecule has 1 aliphatic rings. The van der Waals surface area contributed by atoms with Crippen molar-refractivity contribution in [3.05, 3.63) is 34.3 Å². The van der Waals surface area contributed by atoms with E-state index in [9.17, 15) is 4.79 Å². The summed E-state index contributed by atoms with van der Waals surface area (Å²) in [6, 6.07) is 7.97. The Balaban J connectivity index is 1.95. The highest BCUT2D eigenvalue weighted by atomic mass is 79.9. The van der Waals surface area contributed by atoms with Crippen molar-refractivity contribution in [1.82, 2.24) is 5.32 Å². The first-order valence-corrected chi connectivity index (χ1v) is 7.18. The van der Waals surface area contributed by atoms with E-state index in [4.69, 9.17) is 5.73 Å². The van der Waals surface area contributed by atoms with Crippen molar-refractivity contribution in [2.45, 2.75) is 32.2 Å². The lowest BCUT2D eigenvalue weighted by Crippen LogP contribution is -2.43. The van der Waals surface area contributed by atoms with Crippen molar-refractivity contribution in [1.29, 1.82) is 0 Å². The number of carbonyl (C=O) groups excluding carboxylic acids is 1. The minimum absolute atomic E-state index is 0.113. The van der Waals surface area contributed by atoms with Crippen LogP contribution < -0.4 is 11.1 Å². The van der Waals surface area contributed by atoms with Crippen LogP contribution in [0.2, 0.25) is 0 Å². The average molecular weight is 311 g/mol. The van der Waals surface area contributed by atoms with Crippen LogP contribution in [-0.2, 0) is 11.3 Å². The van der Waals surface area contributed by atoms with Gasteiger partial charge in [-0.05, 0) is 30.5 Å². The Hall–Kier alpha value is -0.870. The largest absolute Gasteiger partial charge is 0.352 e. The Bertz CT molecular complexity index is 428. The second-order valence-electron chi connectivity index (χ2n) is 5.00. The highest BCUT2D eigenvalue weighted by Gasteiger charge is 2.39. The van der Waals surface area contributed by atoms with Gasteiger partial charge in [-0.1, -0.05) is 40.9 Å². The van der Waals surface area contributed by atoms with Crippen LogP contribution in [0.5, 0.6) is 0 Å². The second kappa shape index (κ2) is 5.85. The molecule has 1 amide bonds. The second-order valence-corrected chi connectivity index (χ2v) is 5.92. The monoisotopic (exact) mass is 310 g/mol. The van der Waals surface area contributed by atoms with Gasteiger partial charge in [-0.15, -0.1) is 0 Å². The first-order valence-electron chi connectivity index (χ1n) is 6.39. The SMILES string of the molecule is NCC1(C(=O)NCc2cccc(Br)c2)CCCC1. The van der Waals surface area contributed by atoms with Crippen LogP contribution in [0.4, 0.5) is 0 Å². The van der Waals surface area contributed by atoms with Gasteiger partial charge in [0.2, 0.25) is 5.91 Å². The number of rotatable bonds is 4. The standard InChI is InChI=1S/C14H19BrN2O/c15-12-5-3-4-11(8-12)9-17-13(18)14(10-16)6-1-2-7-14/h3-5,8H,1-2,6-7,9-10,16H2,(H,17,18). The molecule has 98 valence electrons. The molecule has 0 aliphatic heterocycles. The van der Waals surface area contributed by atoms with Crippen LogP contribution in [0.1, 0.15) is 31.2 Å². The molecule has 0 bridgehead atoms. The molecule has 0 aromatic heterocycles. The smallest absolute Gasteiger partial charge is 0.227 e. The van der Waals surface area contributed by atoms with Crippen molar-refractivity contribution >= 4 is 21.8 Å². The molecule has 2 rings (SSSR count).